The largest absolute Gasteiger partial charge is 0.481 e. The second-order valence-electron chi connectivity index (χ2n) is 7.42. The van der Waals surface area contributed by atoms with E-state index in [9.17, 15) is 4.79 Å². The number of piperidine rings is 1. The van der Waals surface area contributed by atoms with Crippen molar-refractivity contribution >= 4 is 17.3 Å². The van der Waals surface area contributed by atoms with Crippen molar-refractivity contribution in [2.24, 2.45) is 0 Å². The van der Waals surface area contributed by atoms with Gasteiger partial charge in [0.2, 0.25) is 0 Å². The molecule has 0 spiro atoms. The smallest absolute Gasteiger partial charge is 0.265 e. The molecule has 1 saturated heterocycles. The van der Waals surface area contributed by atoms with Gasteiger partial charge in [-0.1, -0.05) is 13.0 Å². The summed E-state index contributed by atoms with van der Waals surface area (Å²) >= 11 is 0. The predicted octanol–water partition coefficient (Wildman–Crippen LogP) is 5.09. The molecule has 27 heavy (non-hydrogen) atoms. The van der Waals surface area contributed by atoms with Crippen molar-refractivity contribution < 1.29 is 9.53 Å². The predicted molar refractivity (Wildman–Crippen MR) is 112 cm³/mol. The van der Waals surface area contributed by atoms with E-state index in [0.29, 0.717) is 6.42 Å². The van der Waals surface area contributed by atoms with Crippen molar-refractivity contribution in [3.63, 3.8) is 0 Å². The number of nitrogens with one attached hydrogen (secondary N) is 1. The summed E-state index contributed by atoms with van der Waals surface area (Å²) in [5.74, 6) is 0.636. The Balaban J connectivity index is 1.62. The van der Waals surface area contributed by atoms with Crippen LogP contribution in [0.2, 0.25) is 0 Å². The fraction of sp³-hybridized carbons (Fsp3) is 0.435. The van der Waals surface area contributed by atoms with Gasteiger partial charge in [-0.3, -0.25) is 4.79 Å². The number of hydrogen-bond donors (Lipinski definition) is 1. The van der Waals surface area contributed by atoms with Crippen molar-refractivity contribution in [2.45, 2.75) is 52.6 Å². The van der Waals surface area contributed by atoms with Gasteiger partial charge in [0.15, 0.2) is 6.10 Å². The van der Waals surface area contributed by atoms with Crippen LogP contribution in [0.25, 0.3) is 0 Å². The van der Waals surface area contributed by atoms with Gasteiger partial charge in [0.25, 0.3) is 5.91 Å². The first-order valence-corrected chi connectivity index (χ1v) is 9.96. The molecule has 2 aromatic rings. The number of nitrogens with zero attached hydrogens (tertiary/aromatic N) is 1. The lowest BCUT2D eigenvalue weighted by molar-refractivity contribution is -0.122. The van der Waals surface area contributed by atoms with Crippen LogP contribution in [0.3, 0.4) is 0 Å². The van der Waals surface area contributed by atoms with Crippen LogP contribution in [0, 0.1) is 13.8 Å². The minimum Gasteiger partial charge on any atom is -0.481 e. The first-order valence-electron chi connectivity index (χ1n) is 9.96. The molecule has 1 aliphatic rings. The van der Waals surface area contributed by atoms with Gasteiger partial charge in [0.1, 0.15) is 5.75 Å². The highest BCUT2D eigenvalue weighted by molar-refractivity contribution is 5.94. The van der Waals surface area contributed by atoms with E-state index in [1.54, 1.807) is 0 Å². The molecule has 1 aliphatic heterocycles. The average molecular weight is 367 g/mol. The zero-order valence-corrected chi connectivity index (χ0v) is 16.6. The lowest BCUT2D eigenvalue weighted by Gasteiger charge is -2.29. The van der Waals surface area contributed by atoms with Crippen molar-refractivity contribution in [1.29, 1.82) is 0 Å². The molecule has 0 unspecified atom stereocenters. The van der Waals surface area contributed by atoms with Gasteiger partial charge in [-0.2, -0.15) is 0 Å². The van der Waals surface area contributed by atoms with Gasteiger partial charge >= 0.3 is 0 Å². The molecule has 0 aliphatic carbocycles. The summed E-state index contributed by atoms with van der Waals surface area (Å²) in [5, 5.41) is 2.99. The molecule has 2 aromatic carbocycles. The van der Waals surface area contributed by atoms with Crippen LogP contribution in [0.1, 0.15) is 43.7 Å². The molecular weight excluding hydrogens is 336 g/mol. The summed E-state index contributed by atoms with van der Waals surface area (Å²) in [6, 6.07) is 14.2. The zero-order valence-electron chi connectivity index (χ0n) is 16.6. The molecule has 0 saturated carbocycles. The number of carbonyl (C=O) groups excluding carboxylic acids is 1. The molecule has 4 heteroatoms. The number of ether oxygens (including phenoxy) is 1. The van der Waals surface area contributed by atoms with Crippen LogP contribution < -0.4 is 15.0 Å². The zero-order chi connectivity index (χ0) is 19.2. The first kappa shape index (κ1) is 19.3. The van der Waals surface area contributed by atoms with E-state index in [-0.39, 0.29) is 5.91 Å². The van der Waals surface area contributed by atoms with Crippen LogP contribution in [-0.2, 0) is 4.79 Å². The molecule has 0 radical (unpaired) electrons. The van der Waals surface area contributed by atoms with Gasteiger partial charge in [0.05, 0.1) is 0 Å². The minimum atomic E-state index is -0.507. The van der Waals surface area contributed by atoms with Crippen LogP contribution in [0.5, 0.6) is 5.75 Å². The average Bonchev–Trinajstić information content (AvgIpc) is 2.66. The molecule has 1 amide bonds. The normalized spacial score (nSPS) is 15.3. The van der Waals surface area contributed by atoms with Crippen LogP contribution in [-0.4, -0.2) is 25.1 Å². The molecule has 1 fully saturated rings. The molecular formula is C23H30N2O2. The molecule has 0 bridgehead atoms. The Kier molecular flexibility index (Phi) is 6.38. The van der Waals surface area contributed by atoms with E-state index < -0.39 is 6.10 Å². The van der Waals surface area contributed by atoms with Crippen molar-refractivity contribution in [3.05, 3.63) is 53.6 Å². The summed E-state index contributed by atoms with van der Waals surface area (Å²) in [5.41, 5.74) is 4.30. The van der Waals surface area contributed by atoms with Gasteiger partial charge in [-0.05, 0) is 87.1 Å². The lowest BCUT2D eigenvalue weighted by atomic mass is 10.1. The Labute approximate surface area is 162 Å². The Morgan fingerprint density at radius 1 is 1.04 bits per heavy atom. The topological polar surface area (TPSA) is 41.6 Å². The first-order chi connectivity index (χ1) is 13.0. The van der Waals surface area contributed by atoms with E-state index in [2.05, 4.69) is 28.4 Å². The SMILES string of the molecule is CC[C@H](Oc1cc(C)cc(C)c1)C(=O)Nc1ccc(N2CCCCC2)cc1. The van der Waals surface area contributed by atoms with Crippen LogP contribution in [0.15, 0.2) is 42.5 Å². The highest BCUT2D eigenvalue weighted by atomic mass is 16.5. The summed E-state index contributed by atoms with van der Waals surface area (Å²) in [7, 11) is 0. The third kappa shape index (κ3) is 5.25. The molecule has 1 heterocycles. The Bertz CT molecular complexity index is 744. The van der Waals surface area contributed by atoms with Crippen molar-refractivity contribution in [2.75, 3.05) is 23.3 Å². The lowest BCUT2D eigenvalue weighted by Crippen LogP contribution is -2.32. The molecule has 144 valence electrons. The maximum atomic E-state index is 12.7. The number of aryl methyl sites for hydroxylation is 2. The molecule has 0 aromatic heterocycles. The number of benzene rings is 2. The number of amides is 1. The Hall–Kier alpha value is -2.49. The molecule has 3 rings (SSSR count). The number of hydrogen-bond acceptors (Lipinski definition) is 3. The van der Waals surface area contributed by atoms with E-state index in [0.717, 1.165) is 35.7 Å². The van der Waals surface area contributed by atoms with Gasteiger partial charge in [0, 0.05) is 24.5 Å². The monoisotopic (exact) mass is 366 g/mol. The quantitative estimate of drug-likeness (QED) is 0.774. The Morgan fingerprint density at radius 2 is 1.67 bits per heavy atom. The fourth-order valence-corrected chi connectivity index (χ4v) is 3.62. The third-order valence-corrected chi connectivity index (χ3v) is 4.99. The number of carbonyl (C=O) groups is 1. The number of anilines is 2. The second kappa shape index (κ2) is 8.94. The molecule has 4 nitrogen and oxygen atoms in total. The minimum absolute atomic E-state index is 0.109. The number of rotatable bonds is 6. The van der Waals surface area contributed by atoms with E-state index >= 15 is 0 Å². The van der Waals surface area contributed by atoms with Gasteiger partial charge in [-0.25, -0.2) is 0 Å². The van der Waals surface area contributed by atoms with Crippen molar-refractivity contribution in [3.8, 4) is 5.75 Å². The summed E-state index contributed by atoms with van der Waals surface area (Å²) in [6.45, 7) is 8.27. The highest BCUT2D eigenvalue weighted by Gasteiger charge is 2.19. The summed E-state index contributed by atoms with van der Waals surface area (Å²) in [4.78, 5) is 15.1. The maximum Gasteiger partial charge on any atom is 0.265 e. The van der Waals surface area contributed by atoms with Gasteiger partial charge in [-0.15, -0.1) is 0 Å². The van der Waals surface area contributed by atoms with Crippen LogP contribution in [0.4, 0.5) is 11.4 Å². The van der Waals surface area contributed by atoms with Gasteiger partial charge < -0.3 is 15.0 Å². The maximum absolute atomic E-state index is 12.7. The Morgan fingerprint density at radius 3 is 2.26 bits per heavy atom. The highest BCUT2D eigenvalue weighted by Crippen LogP contribution is 2.23. The van der Waals surface area contributed by atoms with E-state index in [1.807, 2.05) is 45.0 Å². The third-order valence-electron chi connectivity index (χ3n) is 4.99. The summed E-state index contributed by atoms with van der Waals surface area (Å²) in [6.07, 6.45) is 3.94. The van der Waals surface area contributed by atoms with Crippen molar-refractivity contribution in [1.82, 2.24) is 0 Å². The van der Waals surface area contributed by atoms with E-state index in [4.69, 9.17) is 4.74 Å². The van der Waals surface area contributed by atoms with E-state index in [1.165, 1.54) is 24.9 Å². The standard InChI is InChI=1S/C23H30N2O2/c1-4-22(27-21-15-17(2)14-18(3)16-21)23(26)24-19-8-10-20(11-9-19)25-12-6-5-7-13-25/h8-11,14-16,22H,4-7,12-13H2,1-3H3,(H,24,26)/t22-/m0/s1. The second-order valence-corrected chi connectivity index (χ2v) is 7.42. The summed E-state index contributed by atoms with van der Waals surface area (Å²) < 4.78 is 5.96. The van der Waals surface area contributed by atoms with Crippen LogP contribution >= 0.6 is 0 Å². The fourth-order valence-electron chi connectivity index (χ4n) is 3.62. The molecule has 1 atom stereocenters. The molecule has 1 N–H and O–H groups in total.